The van der Waals surface area contributed by atoms with Gasteiger partial charge in [0.1, 0.15) is 11.4 Å². The zero-order chi connectivity index (χ0) is 16.0. The van der Waals surface area contributed by atoms with Gasteiger partial charge in [-0.15, -0.1) is 0 Å². The van der Waals surface area contributed by atoms with Gasteiger partial charge in [0.15, 0.2) is 6.61 Å². The van der Waals surface area contributed by atoms with Crippen molar-refractivity contribution < 1.29 is 19.1 Å². The fraction of sp³-hybridized carbons (Fsp3) is 0.500. The lowest BCUT2D eigenvalue weighted by Crippen LogP contribution is -2.46. The molecule has 0 spiro atoms. The van der Waals surface area contributed by atoms with Gasteiger partial charge in [0.25, 0.3) is 11.8 Å². The minimum Gasteiger partial charge on any atom is -0.484 e. The van der Waals surface area contributed by atoms with Gasteiger partial charge in [-0.1, -0.05) is 19.3 Å². The topological polar surface area (TPSA) is 90.7 Å². The lowest BCUT2D eigenvalue weighted by molar-refractivity contribution is -0.141. The zero-order valence-corrected chi connectivity index (χ0v) is 12.8. The third-order valence-electron chi connectivity index (χ3n) is 3.96. The highest BCUT2D eigenvalue weighted by molar-refractivity contribution is 5.97. The average Bonchev–Trinajstić information content (AvgIpc) is 2.54. The molecule has 6 nitrogen and oxygen atoms in total. The summed E-state index contributed by atoms with van der Waals surface area (Å²) in [5.74, 6) is -0.117. The van der Waals surface area contributed by atoms with E-state index in [1.54, 1.807) is 31.4 Å². The number of primary amides is 1. The normalized spacial score (nSPS) is 16.8. The first-order chi connectivity index (χ1) is 10.6. The molecule has 2 rings (SSSR count). The Bertz CT molecular complexity index is 521. The quantitative estimate of drug-likeness (QED) is 0.839. The Morgan fingerprint density at radius 1 is 1.18 bits per heavy atom. The van der Waals surface area contributed by atoms with Gasteiger partial charge in [0.2, 0.25) is 0 Å². The highest BCUT2D eigenvalue weighted by Crippen LogP contribution is 2.32. The smallest absolute Gasteiger partial charge is 0.256 e. The molecular formula is C16H22N2O4. The molecule has 0 heterocycles. The van der Waals surface area contributed by atoms with E-state index < -0.39 is 11.5 Å². The van der Waals surface area contributed by atoms with Crippen LogP contribution in [0.5, 0.6) is 5.75 Å². The van der Waals surface area contributed by atoms with Crippen molar-refractivity contribution in [1.82, 2.24) is 0 Å². The number of benzene rings is 1. The summed E-state index contributed by atoms with van der Waals surface area (Å²) in [6.45, 7) is -0.168. The maximum Gasteiger partial charge on any atom is 0.256 e. The van der Waals surface area contributed by atoms with Crippen LogP contribution in [0.25, 0.3) is 0 Å². The second-order valence-electron chi connectivity index (χ2n) is 5.49. The summed E-state index contributed by atoms with van der Waals surface area (Å²) in [4.78, 5) is 23.1. The summed E-state index contributed by atoms with van der Waals surface area (Å²) in [5.41, 5.74) is 4.96. The summed E-state index contributed by atoms with van der Waals surface area (Å²) in [7, 11) is 1.59. The molecule has 3 N–H and O–H groups in total. The summed E-state index contributed by atoms with van der Waals surface area (Å²) in [6.07, 6.45) is 4.64. The first kappa shape index (κ1) is 16.3. The van der Waals surface area contributed by atoms with Gasteiger partial charge in [0.05, 0.1) is 0 Å². The Balaban J connectivity index is 1.97. The van der Waals surface area contributed by atoms with Crippen LogP contribution in [0, 0.1) is 0 Å². The second-order valence-corrected chi connectivity index (χ2v) is 5.49. The van der Waals surface area contributed by atoms with Crippen LogP contribution < -0.4 is 15.8 Å². The van der Waals surface area contributed by atoms with Crippen LogP contribution in [-0.2, 0) is 14.3 Å². The van der Waals surface area contributed by atoms with E-state index in [2.05, 4.69) is 5.32 Å². The average molecular weight is 306 g/mol. The number of carbonyl (C=O) groups is 2. The summed E-state index contributed by atoms with van der Waals surface area (Å²) < 4.78 is 10.7. The summed E-state index contributed by atoms with van der Waals surface area (Å²) in [6, 6.07) is 6.80. The van der Waals surface area contributed by atoms with E-state index in [4.69, 9.17) is 15.2 Å². The monoisotopic (exact) mass is 306 g/mol. The maximum absolute atomic E-state index is 12.5. The number of rotatable bonds is 6. The second kappa shape index (κ2) is 7.26. The third kappa shape index (κ3) is 3.98. The van der Waals surface area contributed by atoms with E-state index in [-0.39, 0.29) is 12.5 Å². The maximum atomic E-state index is 12.5. The van der Waals surface area contributed by atoms with E-state index >= 15 is 0 Å². The van der Waals surface area contributed by atoms with E-state index in [9.17, 15) is 9.59 Å². The molecule has 1 aliphatic carbocycles. The summed E-state index contributed by atoms with van der Waals surface area (Å²) >= 11 is 0. The first-order valence-corrected chi connectivity index (χ1v) is 7.43. The molecule has 1 aromatic carbocycles. The molecule has 1 fully saturated rings. The largest absolute Gasteiger partial charge is 0.484 e. The number of anilines is 1. The highest BCUT2D eigenvalue weighted by atomic mass is 16.5. The minimum absolute atomic E-state index is 0.111. The minimum atomic E-state index is -0.723. The molecule has 0 radical (unpaired) electrons. The molecule has 0 bridgehead atoms. The predicted octanol–water partition coefficient (Wildman–Crippen LogP) is 1.84. The van der Waals surface area contributed by atoms with E-state index in [0.717, 1.165) is 32.1 Å². The molecular weight excluding hydrogens is 284 g/mol. The molecule has 1 saturated carbocycles. The summed E-state index contributed by atoms with van der Waals surface area (Å²) in [5, 5.41) is 2.88. The van der Waals surface area contributed by atoms with Crippen LogP contribution in [0.2, 0.25) is 0 Å². The van der Waals surface area contributed by atoms with Gasteiger partial charge in [0, 0.05) is 12.8 Å². The number of ether oxygens (including phenoxy) is 2. The van der Waals surface area contributed by atoms with Crippen molar-refractivity contribution in [3.8, 4) is 5.75 Å². The van der Waals surface area contributed by atoms with Gasteiger partial charge in [-0.3, -0.25) is 9.59 Å². The number of nitrogens with one attached hydrogen (secondary N) is 1. The Morgan fingerprint density at radius 2 is 1.82 bits per heavy atom. The van der Waals surface area contributed by atoms with Crippen molar-refractivity contribution in [3.63, 3.8) is 0 Å². The van der Waals surface area contributed by atoms with Crippen molar-refractivity contribution in [3.05, 3.63) is 24.3 Å². The Hall–Kier alpha value is -2.08. The van der Waals surface area contributed by atoms with Crippen molar-refractivity contribution in [1.29, 1.82) is 0 Å². The van der Waals surface area contributed by atoms with Crippen molar-refractivity contribution >= 4 is 17.5 Å². The molecule has 22 heavy (non-hydrogen) atoms. The fourth-order valence-corrected chi connectivity index (χ4v) is 2.68. The number of nitrogens with two attached hydrogens (primary N) is 1. The van der Waals surface area contributed by atoms with Gasteiger partial charge >= 0.3 is 0 Å². The van der Waals surface area contributed by atoms with Crippen molar-refractivity contribution in [2.75, 3.05) is 19.0 Å². The van der Waals surface area contributed by atoms with Crippen LogP contribution in [0.3, 0.4) is 0 Å². The van der Waals surface area contributed by atoms with Gasteiger partial charge in [-0.2, -0.15) is 0 Å². The van der Waals surface area contributed by atoms with E-state index in [1.807, 2.05) is 0 Å². The van der Waals surface area contributed by atoms with E-state index in [1.165, 1.54) is 0 Å². The number of carbonyl (C=O) groups excluding carboxylic acids is 2. The van der Waals surface area contributed by atoms with Crippen LogP contribution in [0.4, 0.5) is 5.69 Å². The molecule has 1 aliphatic rings. The van der Waals surface area contributed by atoms with Gasteiger partial charge in [-0.25, -0.2) is 0 Å². The van der Waals surface area contributed by atoms with Crippen molar-refractivity contribution in [2.24, 2.45) is 5.73 Å². The Morgan fingerprint density at radius 3 is 2.36 bits per heavy atom. The molecule has 120 valence electrons. The fourth-order valence-electron chi connectivity index (χ4n) is 2.68. The van der Waals surface area contributed by atoms with E-state index in [0.29, 0.717) is 11.4 Å². The van der Waals surface area contributed by atoms with Crippen LogP contribution in [0.15, 0.2) is 24.3 Å². The molecule has 0 aromatic heterocycles. The van der Waals surface area contributed by atoms with Gasteiger partial charge < -0.3 is 20.5 Å². The Labute approximate surface area is 130 Å². The molecule has 0 aliphatic heterocycles. The highest BCUT2D eigenvalue weighted by Gasteiger charge is 2.39. The van der Waals surface area contributed by atoms with Crippen molar-refractivity contribution in [2.45, 2.75) is 37.7 Å². The molecule has 1 aromatic rings. The van der Waals surface area contributed by atoms with Crippen LogP contribution in [0.1, 0.15) is 32.1 Å². The Kier molecular flexibility index (Phi) is 5.38. The molecule has 6 heteroatoms. The lowest BCUT2D eigenvalue weighted by Gasteiger charge is -2.34. The number of methoxy groups -OCH3 is 1. The molecule has 0 atom stereocenters. The van der Waals surface area contributed by atoms with Crippen LogP contribution >= 0.6 is 0 Å². The SMILES string of the molecule is COC1(C(=O)Nc2ccc(OCC(N)=O)cc2)CCCCC1. The lowest BCUT2D eigenvalue weighted by atomic mass is 9.84. The number of hydrogen-bond donors (Lipinski definition) is 2. The molecule has 0 unspecified atom stereocenters. The van der Waals surface area contributed by atoms with Gasteiger partial charge in [-0.05, 0) is 37.1 Å². The van der Waals surface area contributed by atoms with Crippen LogP contribution in [-0.4, -0.2) is 31.1 Å². The number of amides is 2. The molecule has 0 saturated heterocycles. The predicted molar refractivity (Wildman–Crippen MR) is 82.6 cm³/mol. The standard InChI is InChI=1S/C16H22N2O4/c1-21-16(9-3-2-4-10-16)15(20)18-12-5-7-13(8-6-12)22-11-14(17)19/h5-8H,2-4,9-11H2,1H3,(H2,17,19)(H,18,20). The third-order valence-corrected chi connectivity index (χ3v) is 3.96. The molecule has 2 amide bonds. The number of hydrogen-bond acceptors (Lipinski definition) is 4. The zero-order valence-electron chi connectivity index (χ0n) is 12.8. The first-order valence-electron chi connectivity index (χ1n) is 7.43.